The monoisotopic (exact) mass is 441 g/mol. The van der Waals surface area contributed by atoms with Gasteiger partial charge in [-0.3, -0.25) is 14.5 Å². The summed E-state index contributed by atoms with van der Waals surface area (Å²) in [5.74, 6) is -1.76. The van der Waals surface area contributed by atoms with Gasteiger partial charge in [0.15, 0.2) is 0 Å². The second-order valence-corrected chi connectivity index (χ2v) is 8.98. The summed E-state index contributed by atoms with van der Waals surface area (Å²) in [7, 11) is 1.51. The Labute approximate surface area is 190 Å². The van der Waals surface area contributed by atoms with Gasteiger partial charge in [0.25, 0.3) is 0 Å². The average Bonchev–Trinajstić information content (AvgIpc) is 2.99. The number of benzene rings is 1. The van der Waals surface area contributed by atoms with E-state index in [2.05, 4.69) is 13.8 Å². The molecule has 0 unspecified atom stereocenters. The van der Waals surface area contributed by atoms with Gasteiger partial charge in [-0.05, 0) is 55.4 Å². The molecule has 3 rings (SSSR count). The Morgan fingerprint density at radius 3 is 2.62 bits per heavy atom. The van der Waals surface area contributed by atoms with E-state index in [1.807, 2.05) is 12.1 Å². The van der Waals surface area contributed by atoms with Crippen molar-refractivity contribution in [2.24, 2.45) is 17.8 Å². The first-order chi connectivity index (χ1) is 15.3. The largest absolute Gasteiger partial charge is 0.508 e. The Morgan fingerprint density at radius 2 is 2.00 bits per heavy atom. The topological polar surface area (TPSA) is 98.1 Å². The Hall–Kier alpha value is -2.44. The number of hydrogen-bond acceptors (Lipinski definition) is 5. The Kier molecular flexibility index (Phi) is 7.91. The first-order valence-corrected chi connectivity index (χ1v) is 11.6. The molecule has 2 amide bonds. The molecule has 3 N–H and O–H groups in total. The van der Waals surface area contributed by atoms with E-state index in [1.54, 1.807) is 18.2 Å². The normalized spacial score (nSPS) is 24.8. The first kappa shape index (κ1) is 24.2. The average molecular weight is 442 g/mol. The molecule has 6 nitrogen and oxygen atoms in total. The molecular formula is C26H35NO5. The second kappa shape index (κ2) is 10.5. The van der Waals surface area contributed by atoms with Crippen LogP contribution in [0.25, 0.3) is 6.08 Å². The fraction of sp³-hybridized carbons (Fsp3) is 0.538. The summed E-state index contributed by atoms with van der Waals surface area (Å²) in [5.41, 5.74) is 3.84. The zero-order chi connectivity index (χ0) is 23.4. The third-order valence-electron chi connectivity index (χ3n) is 6.95. The summed E-state index contributed by atoms with van der Waals surface area (Å²) in [6, 6.07) is 7.06. The number of aromatic hydroxyl groups is 1. The van der Waals surface area contributed by atoms with Gasteiger partial charge in [-0.15, -0.1) is 0 Å². The summed E-state index contributed by atoms with van der Waals surface area (Å²) in [4.78, 5) is 26.5. The quantitative estimate of drug-likeness (QED) is 0.401. The van der Waals surface area contributed by atoms with Crippen molar-refractivity contribution in [3.05, 3.63) is 46.5 Å². The Balaban J connectivity index is 1.84. The molecule has 1 aromatic rings. The Morgan fingerprint density at radius 1 is 1.25 bits per heavy atom. The summed E-state index contributed by atoms with van der Waals surface area (Å²) in [5, 5.41) is 31.1. The number of aliphatic hydroxyl groups excluding tert-OH is 2. The molecule has 0 bridgehead atoms. The molecule has 174 valence electrons. The van der Waals surface area contributed by atoms with Crippen LogP contribution in [0.4, 0.5) is 0 Å². The van der Waals surface area contributed by atoms with Crippen LogP contribution in [-0.2, 0) is 9.59 Å². The maximum absolute atomic E-state index is 12.8. The minimum absolute atomic E-state index is 0.178. The SMILES string of the molecule is CCCC1=C([C@H](O)CC/C(=C/c2cccc(O)c2)CC)[C@H](CO)[C@@H]2C(=O)N(C)C(=O)[C@@H]2C1. The highest BCUT2D eigenvalue weighted by atomic mass is 16.3. The van der Waals surface area contributed by atoms with Crippen LogP contribution in [0.1, 0.15) is 57.9 Å². The lowest BCUT2D eigenvalue weighted by atomic mass is 9.67. The number of fused-ring (bicyclic) bond motifs is 1. The van der Waals surface area contributed by atoms with Gasteiger partial charge in [-0.2, -0.15) is 0 Å². The molecule has 32 heavy (non-hydrogen) atoms. The molecule has 1 aliphatic heterocycles. The number of carbonyl (C=O) groups is 2. The minimum Gasteiger partial charge on any atom is -0.508 e. The molecule has 1 heterocycles. The third-order valence-corrected chi connectivity index (χ3v) is 6.95. The molecule has 1 aromatic carbocycles. The summed E-state index contributed by atoms with van der Waals surface area (Å²) in [6.07, 6.45) is 5.31. The molecular weight excluding hydrogens is 406 g/mol. The lowest BCUT2D eigenvalue weighted by Crippen LogP contribution is -2.39. The van der Waals surface area contributed by atoms with Crippen molar-refractivity contribution in [1.82, 2.24) is 4.90 Å². The molecule has 0 radical (unpaired) electrons. The molecule has 6 heteroatoms. The van der Waals surface area contributed by atoms with Crippen LogP contribution in [0.5, 0.6) is 5.75 Å². The van der Waals surface area contributed by atoms with Gasteiger partial charge in [0, 0.05) is 13.0 Å². The van der Waals surface area contributed by atoms with Crippen LogP contribution in [0, 0.1) is 17.8 Å². The number of hydrogen-bond donors (Lipinski definition) is 3. The number of allylic oxidation sites excluding steroid dienone is 2. The van der Waals surface area contributed by atoms with Crippen LogP contribution in [-0.4, -0.2) is 51.8 Å². The number of amides is 2. The van der Waals surface area contributed by atoms with Crippen LogP contribution >= 0.6 is 0 Å². The highest BCUT2D eigenvalue weighted by molar-refractivity contribution is 6.05. The molecule has 4 atom stereocenters. The minimum atomic E-state index is -0.775. The first-order valence-electron chi connectivity index (χ1n) is 11.6. The van der Waals surface area contributed by atoms with Crippen molar-refractivity contribution in [3.63, 3.8) is 0 Å². The van der Waals surface area contributed by atoms with Gasteiger partial charge in [0.05, 0.1) is 24.5 Å². The maximum Gasteiger partial charge on any atom is 0.233 e. The van der Waals surface area contributed by atoms with E-state index < -0.39 is 23.9 Å². The van der Waals surface area contributed by atoms with Crippen LogP contribution < -0.4 is 0 Å². The van der Waals surface area contributed by atoms with E-state index >= 15 is 0 Å². The smallest absolute Gasteiger partial charge is 0.233 e. The van der Waals surface area contributed by atoms with E-state index in [0.717, 1.165) is 41.5 Å². The summed E-state index contributed by atoms with van der Waals surface area (Å²) < 4.78 is 0. The second-order valence-electron chi connectivity index (χ2n) is 8.98. The van der Waals surface area contributed by atoms with Gasteiger partial charge in [0.1, 0.15) is 5.75 Å². The lowest BCUT2D eigenvalue weighted by molar-refractivity contribution is -0.138. The van der Waals surface area contributed by atoms with Gasteiger partial charge in [0.2, 0.25) is 11.8 Å². The van der Waals surface area contributed by atoms with Crippen LogP contribution in [0.15, 0.2) is 41.0 Å². The molecule has 1 fully saturated rings. The third kappa shape index (κ3) is 4.81. The predicted octanol–water partition coefficient (Wildman–Crippen LogP) is 3.67. The van der Waals surface area contributed by atoms with E-state index in [-0.39, 0.29) is 24.2 Å². The van der Waals surface area contributed by atoms with Crippen molar-refractivity contribution in [3.8, 4) is 5.75 Å². The highest BCUT2D eigenvalue weighted by Crippen LogP contribution is 2.46. The number of rotatable bonds is 9. The van der Waals surface area contributed by atoms with Gasteiger partial charge < -0.3 is 15.3 Å². The molecule has 0 aromatic heterocycles. The highest BCUT2D eigenvalue weighted by Gasteiger charge is 2.53. The summed E-state index contributed by atoms with van der Waals surface area (Å²) in [6.45, 7) is 3.86. The number of aliphatic hydroxyl groups is 2. The van der Waals surface area contributed by atoms with E-state index in [1.165, 1.54) is 11.9 Å². The van der Waals surface area contributed by atoms with E-state index in [0.29, 0.717) is 19.3 Å². The lowest BCUT2D eigenvalue weighted by Gasteiger charge is -2.36. The number of imide groups is 1. The number of nitrogens with zero attached hydrogens (tertiary/aromatic N) is 1. The zero-order valence-electron chi connectivity index (χ0n) is 19.3. The Bertz CT molecular complexity index is 919. The van der Waals surface area contributed by atoms with Crippen molar-refractivity contribution in [2.75, 3.05) is 13.7 Å². The van der Waals surface area contributed by atoms with Crippen molar-refractivity contribution >= 4 is 17.9 Å². The predicted molar refractivity (Wildman–Crippen MR) is 123 cm³/mol. The van der Waals surface area contributed by atoms with Gasteiger partial charge in [-0.1, -0.05) is 49.6 Å². The molecule has 0 saturated carbocycles. The van der Waals surface area contributed by atoms with E-state index in [9.17, 15) is 24.9 Å². The van der Waals surface area contributed by atoms with Crippen molar-refractivity contribution < 1.29 is 24.9 Å². The fourth-order valence-electron chi connectivity index (χ4n) is 5.33. The van der Waals surface area contributed by atoms with Gasteiger partial charge >= 0.3 is 0 Å². The van der Waals surface area contributed by atoms with Crippen molar-refractivity contribution in [2.45, 2.75) is 58.5 Å². The van der Waals surface area contributed by atoms with Gasteiger partial charge in [-0.25, -0.2) is 0 Å². The molecule has 2 aliphatic rings. The standard InChI is InChI=1S/C26H35NO5/c1-4-7-18-14-20-24(26(32)27(3)25(20)31)21(15-28)23(18)22(30)11-10-16(5-2)12-17-8-6-9-19(29)13-17/h6,8-9,12-13,20-22,24,28-30H,4-5,7,10-11,14-15H2,1-3H3/b16-12+/t20-,21+,22-,24-/m1/s1. The maximum atomic E-state index is 12.8. The van der Waals surface area contributed by atoms with Crippen LogP contribution in [0.3, 0.4) is 0 Å². The molecule has 1 saturated heterocycles. The summed E-state index contributed by atoms with van der Waals surface area (Å²) >= 11 is 0. The number of phenols is 1. The molecule has 1 aliphatic carbocycles. The fourth-order valence-corrected chi connectivity index (χ4v) is 5.33. The van der Waals surface area contributed by atoms with Crippen molar-refractivity contribution in [1.29, 1.82) is 0 Å². The number of phenolic OH excluding ortho intramolecular Hbond substituents is 1. The van der Waals surface area contributed by atoms with E-state index in [4.69, 9.17) is 0 Å². The van der Waals surface area contributed by atoms with Crippen LogP contribution in [0.2, 0.25) is 0 Å². The zero-order valence-corrected chi connectivity index (χ0v) is 19.3. The number of carbonyl (C=O) groups excluding carboxylic acids is 2. The number of likely N-dealkylation sites (tertiary alicyclic amines) is 1. The molecule has 0 spiro atoms.